The Morgan fingerprint density at radius 2 is 1.58 bits per heavy atom. The van der Waals surface area contributed by atoms with E-state index in [2.05, 4.69) is 15.9 Å². The molecule has 0 N–H and O–H groups in total. The van der Waals surface area contributed by atoms with Crippen molar-refractivity contribution in [3.05, 3.63) is 40.0 Å². The first-order valence-corrected chi connectivity index (χ1v) is 6.99. The van der Waals surface area contributed by atoms with Crippen molar-refractivity contribution >= 4 is 29.1 Å². The van der Waals surface area contributed by atoms with Gasteiger partial charge in [-0.3, -0.25) is 0 Å². The summed E-state index contributed by atoms with van der Waals surface area (Å²) in [5.41, 5.74) is -0.693. The van der Waals surface area contributed by atoms with Gasteiger partial charge in [-0.05, 0) is 51.5 Å². The van der Waals surface area contributed by atoms with Gasteiger partial charge in [0.15, 0.2) is 0 Å². The molecule has 1 aliphatic rings. The van der Waals surface area contributed by atoms with Crippen molar-refractivity contribution in [1.82, 2.24) is 0 Å². The molecule has 0 saturated carbocycles. The summed E-state index contributed by atoms with van der Waals surface area (Å²) in [5.74, 6) is 0. The smallest absolute Gasteiger partial charge is 0.398 e. The highest BCUT2D eigenvalue weighted by molar-refractivity contribution is 9.10. The van der Waals surface area contributed by atoms with Crippen LogP contribution in [0, 0.1) is 0 Å². The van der Waals surface area contributed by atoms with Crippen LogP contribution in [0.25, 0.3) is 6.08 Å². The summed E-state index contributed by atoms with van der Waals surface area (Å²) in [7, 11) is -0.936. The SMILES string of the molecule is CC1(C)OB(C(F)=Cc2ccc(Br)cc2)OC1(C)C. The van der Waals surface area contributed by atoms with E-state index >= 15 is 0 Å². The summed E-state index contributed by atoms with van der Waals surface area (Å²) in [6.07, 6.45) is 1.44. The topological polar surface area (TPSA) is 18.5 Å². The Kier molecular flexibility index (Phi) is 3.91. The number of rotatable bonds is 2. The largest absolute Gasteiger partial charge is 0.525 e. The summed E-state index contributed by atoms with van der Waals surface area (Å²) in [6, 6.07) is 7.39. The van der Waals surface area contributed by atoms with Gasteiger partial charge in [0.1, 0.15) is 5.73 Å². The van der Waals surface area contributed by atoms with E-state index in [-0.39, 0.29) is 0 Å². The Morgan fingerprint density at radius 3 is 2.05 bits per heavy atom. The van der Waals surface area contributed by atoms with Crippen molar-refractivity contribution < 1.29 is 13.7 Å². The maximum absolute atomic E-state index is 14.2. The van der Waals surface area contributed by atoms with Crippen LogP contribution in [0.1, 0.15) is 33.3 Å². The second-order valence-electron chi connectivity index (χ2n) is 5.67. The summed E-state index contributed by atoms with van der Waals surface area (Å²) in [5, 5.41) is 0. The van der Waals surface area contributed by atoms with E-state index in [1.54, 1.807) is 0 Å². The lowest BCUT2D eigenvalue weighted by Gasteiger charge is -2.32. The van der Waals surface area contributed by atoms with Gasteiger partial charge in [-0.25, -0.2) is 4.39 Å². The molecule has 0 aromatic heterocycles. The van der Waals surface area contributed by atoms with E-state index in [0.717, 1.165) is 10.0 Å². The fraction of sp³-hybridized carbons (Fsp3) is 0.429. The van der Waals surface area contributed by atoms with E-state index in [0.29, 0.717) is 0 Å². The van der Waals surface area contributed by atoms with Crippen LogP contribution in [0.3, 0.4) is 0 Å². The Balaban J connectivity index is 2.17. The molecule has 0 aliphatic carbocycles. The van der Waals surface area contributed by atoms with Crippen molar-refractivity contribution in [3.8, 4) is 0 Å². The van der Waals surface area contributed by atoms with E-state index in [1.807, 2.05) is 52.0 Å². The molecular formula is C14H17BBrFO2. The van der Waals surface area contributed by atoms with Gasteiger partial charge in [-0.2, -0.15) is 0 Å². The lowest BCUT2D eigenvalue weighted by Crippen LogP contribution is -2.41. The van der Waals surface area contributed by atoms with Gasteiger partial charge in [-0.15, -0.1) is 0 Å². The third-order valence-electron chi connectivity index (χ3n) is 3.65. The molecule has 0 atom stereocenters. The van der Waals surface area contributed by atoms with Crippen LogP contribution in [0.2, 0.25) is 0 Å². The quantitative estimate of drug-likeness (QED) is 0.750. The van der Waals surface area contributed by atoms with Crippen LogP contribution in [-0.4, -0.2) is 18.3 Å². The van der Waals surface area contributed by atoms with E-state index in [9.17, 15) is 4.39 Å². The Labute approximate surface area is 122 Å². The van der Waals surface area contributed by atoms with Crippen LogP contribution < -0.4 is 0 Å². The molecule has 1 heterocycles. The van der Waals surface area contributed by atoms with Crippen LogP contribution in [0.15, 0.2) is 34.5 Å². The van der Waals surface area contributed by atoms with Gasteiger partial charge >= 0.3 is 7.12 Å². The maximum atomic E-state index is 14.2. The first-order chi connectivity index (χ1) is 8.71. The molecule has 2 rings (SSSR count). The van der Waals surface area contributed by atoms with Gasteiger partial charge < -0.3 is 9.31 Å². The molecule has 5 heteroatoms. The third kappa shape index (κ3) is 3.10. The lowest BCUT2D eigenvalue weighted by molar-refractivity contribution is 0.00578. The Bertz CT molecular complexity index is 481. The number of hydrogen-bond acceptors (Lipinski definition) is 2. The predicted molar refractivity (Wildman–Crippen MR) is 79.3 cm³/mol. The highest BCUT2D eigenvalue weighted by Gasteiger charge is 2.52. The van der Waals surface area contributed by atoms with E-state index in [1.165, 1.54) is 6.08 Å². The van der Waals surface area contributed by atoms with Crippen molar-refractivity contribution in [2.24, 2.45) is 0 Å². The average molecular weight is 327 g/mol. The molecule has 0 radical (unpaired) electrons. The van der Waals surface area contributed by atoms with Crippen LogP contribution in [-0.2, 0) is 9.31 Å². The number of hydrogen-bond donors (Lipinski definition) is 0. The molecule has 0 unspecified atom stereocenters. The first kappa shape index (κ1) is 14.8. The zero-order valence-corrected chi connectivity index (χ0v) is 13.1. The van der Waals surface area contributed by atoms with Gasteiger partial charge in [0.25, 0.3) is 0 Å². The van der Waals surface area contributed by atoms with Crippen molar-refractivity contribution in [3.63, 3.8) is 0 Å². The highest BCUT2D eigenvalue weighted by atomic mass is 79.9. The van der Waals surface area contributed by atoms with Crippen LogP contribution >= 0.6 is 15.9 Å². The molecule has 0 amide bonds. The van der Waals surface area contributed by atoms with Crippen LogP contribution in [0.4, 0.5) is 4.39 Å². The average Bonchev–Trinajstić information content (AvgIpc) is 2.51. The molecule has 2 nitrogen and oxygen atoms in total. The highest BCUT2D eigenvalue weighted by Crippen LogP contribution is 2.39. The second-order valence-corrected chi connectivity index (χ2v) is 6.58. The molecule has 1 aromatic rings. The molecule has 1 fully saturated rings. The summed E-state index contributed by atoms with van der Waals surface area (Å²) < 4.78 is 26.4. The Morgan fingerprint density at radius 1 is 1.11 bits per heavy atom. The van der Waals surface area contributed by atoms with Crippen molar-refractivity contribution in [1.29, 1.82) is 0 Å². The molecule has 1 aromatic carbocycles. The van der Waals surface area contributed by atoms with E-state index < -0.39 is 24.0 Å². The van der Waals surface area contributed by atoms with Gasteiger partial charge in [0.2, 0.25) is 0 Å². The zero-order valence-electron chi connectivity index (χ0n) is 11.5. The molecular weight excluding hydrogens is 310 g/mol. The third-order valence-corrected chi connectivity index (χ3v) is 4.18. The molecule has 1 aliphatic heterocycles. The van der Waals surface area contributed by atoms with E-state index in [4.69, 9.17) is 9.31 Å². The molecule has 19 heavy (non-hydrogen) atoms. The van der Waals surface area contributed by atoms with Gasteiger partial charge in [0, 0.05) is 4.47 Å². The number of benzene rings is 1. The minimum atomic E-state index is -0.936. The Hall–Kier alpha value is -0.645. The van der Waals surface area contributed by atoms with Crippen molar-refractivity contribution in [2.75, 3.05) is 0 Å². The summed E-state index contributed by atoms with van der Waals surface area (Å²) >= 11 is 3.34. The van der Waals surface area contributed by atoms with Crippen molar-refractivity contribution in [2.45, 2.75) is 38.9 Å². The lowest BCUT2D eigenvalue weighted by atomic mass is 9.87. The second kappa shape index (κ2) is 5.04. The molecule has 0 spiro atoms. The monoisotopic (exact) mass is 326 g/mol. The summed E-state index contributed by atoms with van der Waals surface area (Å²) in [4.78, 5) is 0. The number of halogens is 2. The first-order valence-electron chi connectivity index (χ1n) is 6.20. The molecule has 0 bridgehead atoms. The minimum Gasteiger partial charge on any atom is -0.398 e. The normalized spacial score (nSPS) is 21.8. The maximum Gasteiger partial charge on any atom is 0.525 e. The predicted octanol–water partition coefficient (Wildman–Crippen LogP) is 4.39. The standard InChI is InChI=1S/C14H17BBrFO2/c1-13(2)14(3,4)19-15(18-13)12(17)9-10-5-7-11(16)8-6-10/h5-9H,1-4H3. The zero-order chi connectivity index (χ0) is 14.3. The van der Waals surface area contributed by atoms with Crippen LogP contribution in [0.5, 0.6) is 0 Å². The fourth-order valence-corrected chi connectivity index (χ4v) is 2.01. The summed E-state index contributed by atoms with van der Waals surface area (Å²) in [6.45, 7) is 7.61. The van der Waals surface area contributed by atoms with Gasteiger partial charge in [0.05, 0.1) is 11.2 Å². The molecule has 1 saturated heterocycles. The van der Waals surface area contributed by atoms with Gasteiger partial charge in [-0.1, -0.05) is 28.1 Å². The molecule has 102 valence electrons. The fourth-order valence-electron chi connectivity index (χ4n) is 1.74. The minimum absolute atomic E-state index is 0.416.